The standard InChI is InChI=1S/C25H32N6OS/c1-18-7-8-22-21(15-18)24(30-11-9-20(26)17-30)29-25(28-22)31-12-14-33(27-10-4-13-32)23-6-3-2-5-19(23)16-31/h2-3,5-8,15,20,32H,4,9-14,16-17,26H2,1H3/t20-,33?/m0/s1. The van der Waals surface area contributed by atoms with Gasteiger partial charge in [0.1, 0.15) is 5.82 Å². The van der Waals surface area contributed by atoms with Crippen LogP contribution in [0.5, 0.6) is 0 Å². The molecule has 1 fully saturated rings. The number of hydrogen-bond acceptors (Lipinski definition) is 7. The molecule has 174 valence electrons. The molecule has 0 bridgehead atoms. The number of aliphatic hydroxyl groups is 1. The predicted molar refractivity (Wildman–Crippen MR) is 136 cm³/mol. The molecule has 7 nitrogen and oxygen atoms in total. The maximum absolute atomic E-state index is 9.18. The number of rotatable bonds is 5. The Kier molecular flexibility index (Phi) is 6.57. The molecule has 2 aliphatic rings. The molecule has 2 atom stereocenters. The van der Waals surface area contributed by atoms with Crippen LogP contribution >= 0.6 is 0 Å². The van der Waals surface area contributed by atoms with Crippen molar-refractivity contribution >= 4 is 33.4 Å². The number of aliphatic hydroxyl groups excluding tert-OH is 1. The molecule has 3 aromatic rings. The Bertz CT molecular complexity index is 1180. The Hall–Kier alpha value is -2.55. The lowest BCUT2D eigenvalue weighted by Gasteiger charge is -2.25. The number of nitrogens with two attached hydrogens (primary N) is 1. The summed E-state index contributed by atoms with van der Waals surface area (Å²) in [5, 5.41) is 10.3. The molecule has 3 heterocycles. The third-order valence-electron chi connectivity index (χ3n) is 6.33. The van der Waals surface area contributed by atoms with Gasteiger partial charge in [0.15, 0.2) is 0 Å². The van der Waals surface area contributed by atoms with E-state index in [2.05, 4.69) is 59.2 Å². The summed E-state index contributed by atoms with van der Waals surface area (Å²) in [5.74, 6) is 2.70. The van der Waals surface area contributed by atoms with Crippen LogP contribution in [0.4, 0.5) is 11.8 Å². The zero-order chi connectivity index (χ0) is 22.8. The normalized spacial score (nSPS) is 20.9. The van der Waals surface area contributed by atoms with Crippen molar-refractivity contribution in [3.63, 3.8) is 0 Å². The predicted octanol–water partition coefficient (Wildman–Crippen LogP) is 3.04. The van der Waals surface area contributed by atoms with E-state index < -0.39 is 0 Å². The first-order valence-corrected chi connectivity index (χ1v) is 13.1. The van der Waals surface area contributed by atoms with E-state index in [1.165, 1.54) is 16.0 Å². The second-order valence-corrected chi connectivity index (χ2v) is 10.7. The number of benzene rings is 2. The van der Waals surface area contributed by atoms with Crippen LogP contribution in [0.15, 0.2) is 51.7 Å². The van der Waals surface area contributed by atoms with Gasteiger partial charge in [-0.1, -0.05) is 40.5 Å². The number of aryl methyl sites for hydroxylation is 1. The molecule has 3 N–H and O–H groups in total. The first-order chi connectivity index (χ1) is 16.1. The topological polar surface area (TPSA) is 90.9 Å². The van der Waals surface area contributed by atoms with E-state index >= 15 is 0 Å². The molecule has 2 aliphatic heterocycles. The average Bonchev–Trinajstić information content (AvgIpc) is 3.17. The van der Waals surface area contributed by atoms with Crippen LogP contribution in [0.1, 0.15) is 24.0 Å². The fourth-order valence-corrected chi connectivity index (χ4v) is 6.48. The van der Waals surface area contributed by atoms with Gasteiger partial charge in [-0.3, -0.25) is 4.36 Å². The minimum atomic E-state index is -0.186. The molecule has 0 radical (unpaired) electrons. The van der Waals surface area contributed by atoms with Crippen molar-refractivity contribution in [3.8, 4) is 0 Å². The Balaban J connectivity index is 1.54. The molecule has 1 unspecified atom stereocenters. The molecular formula is C25H32N6OS. The molecule has 0 amide bonds. The minimum absolute atomic E-state index is 0.182. The fourth-order valence-electron chi connectivity index (χ4n) is 4.58. The average molecular weight is 465 g/mol. The molecule has 1 aromatic heterocycles. The lowest BCUT2D eigenvalue weighted by atomic mass is 10.1. The van der Waals surface area contributed by atoms with Gasteiger partial charge in [0, 0.05) is 61.4 Å². The van der Waals surface area contributed by atoms with E-state index in [1.807, 2.05) is 0 Å². The molecular weight excluding hydrogens is 432 g/mol. The van der Waals surface area contributed by atoms with E-state index in [9.17, 15) is 5.11 Å². The SMILES string of the molecule is Cc1ccc2nc(N3CCS(=NCCCO)c4ccccc4C3)nc(N3CC[C@H](N)C3)c2c1. The van der Waals surface area contributed by atoms with Gasteiger partial charge in [0.05, 0.1) is 5.52 Å². The zero-order valence-corrected chi connectivity index (χ0v) is 20.0. The van der Waals surface area contributed by atoms with Gasteiger partial charge in [0.2, 0.25) is 5.95 Å². The molecule has 0 aliphatic carbocycles. The molecule has 0 saturated carbocycles. The summed E-state index contributed by atoms with van der Waals surface area (Å²) in [6.07, 6.45) is 1.70. The number of hydrogen-bond donors (Lipinski definition) is 2. The van der Waals surface area contributed by atoms with E-state index in [-0.39, 0.29) is 23.3 Å². The van der Waals surface area contributed by atoms with E-state index in [4.69, 9.17) is 20.1 Å². The maximum Gasteiger partial charge on any atom is 0.228 e. The largest absolute Gasteiger partial charge is 0.396 e. The Labute approximate surface area is 197 Å². The second kappa shape index (κ2) is 9.75. The van der Waals surface area contributed by atoms with Gasteiger partial charge in [-0.25, -0.2) is 4.98 Å². The highest BCUT2D eigenvalue weighted by Gasteiger charge is 2.25. The number of nitrogens with zero attached hydrogens (tertiary/aromatic N) is 5. The Morgan fingerprint density at radius 2 is 2.03 bits per heavy atom. The highest BCUT2D eigenvalue weighted by atomic mass is 32.2. The van der Waals surface area contributed by atoms with Gasteiger partial charge in [-0.05, 0) is 43.5 Å². The molecule has 5 rings (SSSR count). The van der Waals surface area contributed by atoms with Gasteiger partial charge in [-0.2, -0.15) is 4.98 Å². The second-order valence-electron chi connectivity index (χ2n) is 8.89. The quantitative estimate of drug-likeness (QED) is 0.564. The number of anilines is 2. The van der Waals surface area contributed by atoms with Crippen molar-refractivity contribution in [2.45, 2.75) is 37.2 Å². The summed E-state index contributed by atoms with van der Waals surface area (Å²) in [4.78, 5) is 16.0. The molecule has 1 saturated heterocycles. The van der Waals surface area contributed by atoms with Crippen molar-refractivity contribution in [2.24, 2.45) is 10.1 Å². The highest BCUT2D eigenvalue weighted by Crippen LogP contribution is 2.31. The van der Waals surface area contributed by atoms with Crippen LogP contribution in [0.25, 0.3) is 10.9 Å². The van der Waals surface area contributed by atoms with Crippen LogP contribution in [-0.2, 0) is 17.2 Å². The van der Waals surface area contributed by atoms with Gasteiger partial charge >= 0.3 is 0 Å². The van der Waals surface area contributed by atoms with Crippen molar-refractivity contribution in [1.29, 1.82) is 0 Å². The van der Waals surface area contributed by atoms with Crippen molar-refractivity contribution < 1.29 is 5.11 Å². The van der Waals surface area contributed by atoms with Crippen molar-refractivity contribution in [3.05, 3.63) is 53.6 Å². The fraction of sp³-hybridized carbons (Fsp3) is 0.440. The first-order valence-electron chi connectivity index (χ1n) is 11.7. The molecule has 33 heavy (non-hydrogen) atoms. The summed E-state index contributed by atoms with van der Waals surface area (Å²) in [7, 11) is -0.186. The summed E-state index contributed by atoms with van der Waals surface area (Å²) in [5.41, 5.74) is 9.70. The molecule has 8 heteroatoms. The first kappa shape index (κ1) is 22.3. The highest BCUT2D eigenvalue weighted by molar-refractivity contribution is 7.87. The zero-order valence-electron chi connectivity index (χ0n) is 19.2. The van der Waals surface area contributed by atoms with E-state index in [1.54, 1.807) is 0 Å². The third-order valence-corrected chi connectivity index (χ3v) is 8.30. The van der Waals surface area contributed by atoms with E-state index in [0.29, 0.717) is 13.0 Å². The van der Waals surface area contributed by atoms with Crippen LogP contribution in [-0.4, -0.2) is 59.7 Å². The summed E-state index contributed by atoms with van der Waals surface area (Å²) in [6, 6.07) is 15.2. The minimum Gasteiger partial charge on any atom is -0.396 e. The third kappa shape index (κ3) is 4.74. The summed E-state index contributed by atoms with van der Waals surface area (Å²) < 4.78 is 4.93. The van der Waals surface area contributed by atoms with Crippen LogP contribution in [0.3, 0.4) is 0 Å². The summed E-state index contributed by atoms with van der Waals surface area (Å²) >= 11 is 0. The van der Waals surface area contributed by atoms with Crippen LogP contribution < -0.4 is 15.5 Å². The van der Waals surface area contributed by atoms with Gasteiger partial charge in [0.25, 0.3) is 0 Å². The van der Waals surface area contributed by atoms with E-state index in [0.717, 1.165) is 61.0 Å². The Morgan fingerprint density at radius 3 is 2.85 bits per heavy atom. The van der Waals surface area contributed by atoms with Crippen LogP contribution in [0, 0.1) is 6.92 Å². The summed E-state index contributed by atoms with van der Waals surface area (Å²) in [6.45, 7) is 6.36. The smallest absolute Gasteiger partial charge is 0.228 e. The van der Waals surface area contributed by atoms with Crippen molar-refractivity contribution in [1.82, 2.24) is 9.97 Å². The van der Waals surface area contributed by atoms with Crippen LogP contribution in [0.2, 0.25) is 0 Å². The lowest BCUT2D eigenvalue weighted by molar-refractivity contribution is 0.291. The number of fused-ring (bicyclic) bond motifs is 2. The number of aromatic nitrogens is 2. The van der Waals surface area contributed by atoms with Gasteiger partial charge in [-0.15, -0.1) is 0 Å². The lowest BCUT2D eigenvalue weighted by Crippen LogP contribution is -2.30. The van der Waals surface area contributed by atoms with Crippen molar-refractivity contribution in [2.75, 3.05) is 48.3 Å². The molecule has 0 spiro atoms. The molecule has 2 aromatic carbocycles. The monoisotopic (exact) mass is 464 g/mol. The Morgan fingerprint density at radius 1 is 1.15 bits per heavy atom. The maximum atomic E-state index is 9.18. The van der Waals surface area contributed by atoms with Gasteiger partial charge < -0.3 is 20.6 Å².